The molecule has 0 aliphatic carbocycles. The van der Waals surface area contributed by atoms with Gasteiger partial charge in [0.2, 0.25) is 5.91 Å². The zero-order valence-corrected chi connectivity index (χ0v) is 9.98. The van der Waals surface area contributed by atoms with Gasteiger partial charge in [-0.1, -0.05) is 6.92 Å². The Labute approximate surface area is 101 Å². The molecule has 0 saturated heterocycles. The van der Waals surface area contributed by atoms with Crippen LogP contribution in [0.4, 0.5) is 0 Å². The molecule has 0 atom stereocenters. The predicted octanol–water partition coefficient (Wildman–Crippen LogP) is 1.13. The van der Waals surface area contributed by atoms with E-state index in [0.717, 1.165) is 12.3 Å². The lowest BCUT2D eigenvalue weighted by atomic mass is 10.3. The van der Waals surface area contributed by atoms with Crippen LogP contribution in [-0.2, 0) is 11.3 Å². The number of carbonyl (C=O) groups is 1. The molecule has 0 unspecified atom stereocenters. The van der Waals surface area contributed by atoms with E-state index in [9.17, 15) is 4.79 Å². The Morgan fingerprint density at radius 2 is 2.47 bits per heavy atom. The molecule has 0 aliphatic rings. The van der Waals surface area contributed by atoms with E-state index in [4.69, 9.17) is 9.68 Å². The van der Waals surface area contributed by atoms with Crippen LogP contribution in [0.5, 0.6) is 0 Å². The van der Waals surface area contributed by atoms with E-state index >= 15 is 0 Å². The van der Waals surface area contributed by atoms with Crippen LogP contribution in [0.15, 0.2) is 22.8 Å². The van der Waals surface area contributed by atoms with Gasteiger partial charge in [0.15, 0.2) is 0 Å². The van der Waals surface area contributed by atoms with Gasteiger partial charge in [-0.2, -0.15) is 5.26 Å². The number of likely N-dealkylation sites (N-methyl/N-ethyl adjacent to an activating group) is 1. The van der Waals surface area contributed by atoms with Gasteiger partial charge in [0, 0.05) is 6.54 Å². The normalized spacial score (nSPS) is 9.88. The average Bonchev–Trinajstić information content (AvgIpc) is 2.84. The Morgan fingerprint density at radius 1 is 1.65 bits per heavy atom. The van der Waals surface area contributed by atoms with Crippen LogP contribution in [0.2, 0.25) is 0 Å². The second-order valence-electron chi connectivity index (χ2n) is 3.58. The predicted molar refractivity (Wildman–Crippen MR) is 62.9 cm³/mol. The zero-order valence-electron chi connectivity index (χ0n) is 9.98. The summed E-state index contributed by atoms with van der Waals surface area (Å²) in [5.41, 5.74) is 0. The summed E-state index contributed by atoms with van der Waals surface area (Å²) in [6.07, 6.45) is 1.91. The first kappa shape index (κ1) is 13.3. The fourth-order valence-corrected chi connectivity index (χ4v) is 1.41. The lowest BCUT2D eigenvalue weighted by Gasteiger charge is -2.20. The van der Waals surface area contributed by atoms with E-state index in [2.05, 4.69) is 5.32 Å². The van der Waals surface area contributed by atoms with Gasteiger partial charge in [0.1, 0.15) is 5.76 Å². The molecule has 0 radical (unpaired) electrons. The topological polar surface area (TPSA) is 69.3 Å². The molecule has 0 fully saturated rings. The van der Waals surface area contributed by atoms with Crippen molar-refractivity contribution in [3.63, 3.8) is 0 Å². The van der Waals surface area contributed by atoms with Gasteiger partial charge in [0.25, 0.3) is 0 Å². The molecule has 0 aromatic carbocycles. The molecule has 1 N–H and O–H groups in total. The van der Waals surface area contributed by atoms with E-state index in [1.807, 2.05) is 19.1 Å². The van der Waals surface area contributed by atoms with Gasteiger partial charge in [-0.25, -0.2) is 0 Å². The molecule has 1 aromatic heterocycles. The van der Waals surface area contributed by atoms with Crippen LogP contribution in [0.3, 0.4) is 0 Å². The highest BCUT2D eigenvalue weighted by Crippen LogP contribution is 2.06. The molecular formula is C12H17N3O2. The first-order valence-corrected chi connectivity index (χ1v) is 5.65. The van der Waals surface area contributed by atoms with E-state index in [-0.39, 0.29) is 5.91 Å². The Morgan fingerprint density at radius 3 is 3.06 bits per heavy atom. The summed E-state index contributed by atoms with van der Waals surface area (Å²) in [5.74, 6) is 0.714. The number of nitrogens with zero attached hydrogens (tertiary/aromatic N) is 2. The van der Waals surface area contributed by atoms with Crippen molar-refractivity contribution in [1.82, 2.24) is 10.2 Å². The lowest BCUT2D eigenvalue weighted by molar-refractivity contribution is -0.131. The quantitative estimate of drug-likeness (QED) is 0.769. The molecule has 92 valence electrons. The molecule has 1 heterocycles. The summed E-state index contributed by atoms with van der Waals surface area (Å²) >= 11 is 0. The number of nitrogens with one attached hydrogen (secondary N) is 1. The summed E-state index contributed by atoms with van der Waals surface area (Å²) < 4.78 is 5.20. The third kappa shape index (κ3) is 4.70. The van der Waals surface area contributed by atoms with E-state index in [1.54, 1.807) is 17.2 Å². The van der Waals surface area contributed by atoms with Crippen molar-refractivity contribution in [3.8, 4) is 6.07 Å². The third-order valence-electron chi connectivity index (χ3n) is 2.30. The summed E-state index contributed by atoms with van der Waals surface area (Å²) in [6.45, 7) is 3.83. The molecule has 5 heteroatoms. The summed E-state index contributed by atoms with van der Waals surface area (Å²) in [4.78, 5) is 13.5. The minimum absolute atomic E-state index is 0.0153. The summed E-state index contributed by atoms with van der Waals surface area (Å²) in [6, 6.07) is 5.65. The molecular weight excluding hydrogens is 218 g/mol. The fourth-order valence-electron chi connectivity index (χ4n) is 1.41. The number of carbonyl (C=O) groups excluding carboxylic acids is 1. The van der Waals surface area contributed by atoms with Crippen molar-refractivity contribution in [2.24, 2.45) is 0 Å². The minimum Gasteiger partial charge on any atom is -0.467 e. The second-order valence-corrected chi connectivity index (χ2v) is 3.58. The molecule has 0 saturated carbocycles. The Kier molecular flexibility index (Phi) is 5.83. The lowest BCUT2D eigenvalue weighted by Crippen LogP contribution is -2.38. The van der Waals surface area contributed by atoms with Crippen molar-refractivity contribution in [2.75, 3.05) is 19.6 Å². The maximum Gasteiger partial charge on any atom is 0.236 e. The van der Waals surface area contributed by atoms with Crippen molar-refractivity contribution in [2.45, 2.75) is 19.9 Å². The first-order valence-electron chi connectivity index (χ1n) is 5.65. The number of amides is 1. The van der Waals surface area contributed by atoms with Gasteiger partial charge in [-0.15, -0.1) is 0 Å². The highest BCUT2D eigenvalue weighted by molar-refractivity contribution is 5.78. The SMILES string of the molecule is CCNCC(=O)N(CCC#N)Cc1ccco1. The standard InChI is InChI=1S/C12H17N3O2/c1-2-14-9-12(16)15(7-4-6-13)10-11-5-3-8-17-11/h3,5,8,14H,2,4,7,9-10H2,1H3. The minimum atomic E-state index is -0.0153. The van der Waals surface area contributed by atoms with Crippen molar-refractivity contribution in [3.05, 3.63) is 24.2 Å². The largest absolute Gasteiger partial charge is 0.467 e. The highest BCUT2D eigenvalue weighted by Gasteiger charge is 2.14. The van der Waals surface area contributed by atoms with Crippen molar-refractivity contribution >= 4 is 5.91 Å². The third-order valence-corrected chi connectivity index (χ3v) is 2.30. The molecule has 5 nitrogen and oxygen atoms in total. The van der Waals surface area contributed by atoms with Crippen LogP contribution < -0.4 is 5.32 Å². The van der Waals surface area contributed by atoms with E-state index in [1.165, 1.54) is 0 Å². The van der Waals surface area contributed by atoms with Gasteiger partial charge in [0.05, 0.1) is 31.8 Å². The number of hydrogen-bond donors (Lipinski definition) is 1. The molecule has 1 amide bonds. The Hall–Kier alpha value is -1.80. The Balaban J connectivity index is 2.53. The number of rotatable bonds is 7. The summed E-state index contributed by atoms with van der Waals surface area (Å²) in [7, 11) is 0. The van der Waals surface area contributed by atoms with Gasteiger partial charge in [-0.05, 0) is 18.7 Å². The second kappa shape index (κ2) is 7.47. The maximum absolute atomic E-state index is 11.8. The molecule has 0 spiro atoms. The number of furan rings is 1. The van der Waals surface area contributed by atoms with Gasteiger partial charge in [-0.3, -0.25) is 4.79 Å². The van der Waals surface area contributed by atoms with Crippen LogP contribution >= 0.6 is 0 Å². The van der Waals surface area contributed by atoms with E-state index < -0.39 is 0 Å². The van der Waals surface area contributed by atoms with Crippen LogP contribution in [0, 0.1) is 11.3 Å². The molecule has 1 rings (SSSR count). The Bertz CT molecular complexity index is 368. The van der Waals surface area contributed by atoms with Crippen LogP contribution in [0.25, 0.3) is 0 Å². The smallest absolute Gasteiger partial charge is 0.236 e. The summed E-state index contributed by atoms with van der Waals surface area (Å²) in [5, 5.41) is 11.6. The maximum atomic E-state index is 11.8. The fraction of sp³-hybridized carbons (Fsp3) is 0.500. The van der Waals surface area contributed by atoms with Crippen molar-refractivity contribution < 1.29 is 9.21 Å². The monoisotopic (exact) mass is 235 g/mol. The van der Waals surface area contributed by atoms with Crippen LogP contribution in [-0.4, -0.2) is 30.4 Å². The highest BCUT2D eigenvalue weighted by atomic mass is 16.3. The number of hydrogen-bond acceptors (Lipinski definition) is 4. The molecule has 1 aromatic rings. The molecule has 0 aliphatic heterocycles. The van der Waals surface area contributed by atoms with Gasteiger partial charge < -0.3 is 14.6 Å². The first-order chi connectivity index (χ1) is 8.27. The van der Waals surface area contributed by atoms with E-state index in [0.29, 0.717) is 26.1 Å². The molecule has 0 bridgehead atoms. The zero-order chi connectivity index (χ0) is 12.5. The van der Waals surface area contributed by atoms with Gasteiger partial charge >= 0.3 is 0 Å². The molecule has 17 heavy (non-hydrogen) atoms. The van der Waals surface area contributed by atoms with Crippen molar-refractivity contribution in [1.29, 1.82) is 5.26 Å². The van der Waals surface area contributed by atoms with Crippen LogP contribution in [0.1, 0.15) is 19.1 Å². The average molecular weight is 235 g/mol. The number of nitriles is 1.